The average molecular weight is 227 g/mol. The topological polar surface area (TPSA) is 57.1 Å². The van der Waals surface area contributed by atoms with E-state index in [1.54, 1.807) is 0 Å². The van der Waals surface area contributed by atoms with Gasteiger partial charge in [0.15, 0.2) is 0 Å². The minimum atomic E-state index is -1.04. The molecule has 0 aliphatic carbocycles. The van der Waals surface area contributed by atoms with Crippen molar-refractivity contribution in [3.8, 4) is 0 Å². The van der Waals surface area contributed by atoms with Gasteiger partial charge in [-0.05, 0) is 0 Å². The Labute approximate surface area is 94.7 Å². The van der Waals surface area contributed by atoms with Crippen LogP contribution in [0.15, 0.2) is 5.16 Å². The van der Waals surface area contributed by atoms with Gasteiger partial charge >= 0.3 is 5.97 Å². The van der Waals surface area contributed by atoms with Crippen molar-refractivity contribution in [2.24, 2.45) is 16.5 Å². The highest BCUT2D eigenvalue weighted by Gasteiger charge is 2.61. The Morgan fingerprint density at radius 1 is 1.56 bits per heavy atom. The lowest BCUT2D eigenvalue weighted by Crippen LogP contribution is -2.48. The maximum atomic E-state index is 11.8. The highest BCUT2D eigenvalue weighted by molar-refractivity contribution is 5.99. The van der Waals surface area contributed by atoms with Crippen molar-refractivity contribution in [3.63, 3.8) is 0 Å². The van der Waals surface area contributed by atoms with E-state index in [4.69, 9.17) is 14.3 Å². The monoisotopic (exact) mass is 227 g/mol. The zero-order chi connectivity index (χ0) is 12.0. The van der Waals surface area contributed by atoms with Crippen LogP contribution in [0.25, 0.3) is 0 Å². The summed E-state index contributed by atoms with van der Waals surface area (Å²) in [5, 5.41) is 4.07. The molecule has 0 saturated carbocycles. The van der Waals surface area contributed by atoms with Gasteiger partial charge in [0.1, 0.15) is 6.61 Å². The summed E-state index contributed by atoms with van der Waals surface area (Å²) < 4.78 is 10.1. The van der Waals surface area contributed by atoms with Crippen LogP contribution in [0.1, 0.15) is 20.8 Å². The van der Waals surface area contributed by atoms with Gasteiger partial charge in [-0.3, -0.25) is 0 Å². The first-order valence-electron chi connectivity index (χ1n) is 5.34. The molecule has 0 aromatic rings. The molecule has 0 bridgehead atoms. The van der Waals surface area contributed by atoms with Crippen molar-refractivity contribution >= 4 is 11.7 Å². The summed E-state index contributed by atoms with van der Waals surface area (Å²) in [7, 11) is 1.35. The highest BCUT2D eigenvalue weighted by atomic mass is 16.7. The summed E-state index contributed by atoms with van der Waals surface area (Å²) in [4.78, 5) is 17.1. The number of carbonyl (C=O) groups is 1. The third kappa shape index (κ3) is 1.42. The van der Waals surface area contributed by atoms with Crippen molar-refractivity contribution in [1.82, 2.24) is 0 Å². The third-order valence-electron chi connectivity index (χ3n) is 3.10. The normalized spacial score (nSPS) is 33.0. The standard InChI is InChI=1S/C11H17NO4/c1-10(2,3)8-7-5-15-6-11(7,16-12-8)9(13)14-4/h7H,5-6H2,1-4H3. The Balaban J connectivity index is 2.31. The number of hydrogen-bond donors (Lipinski definition) is 0. The van der Waals surface area contributed by atoms with Gasteiger partial charge < -0.3 is 14.3 Å². The summed E-state index contributed by atoms with van der Waals surface area (Å²) in [6.45, 7) is 6.81. The molecular weight excluding hydrogens is 210 g/mol. The Hall–Kier alpha value is -1.10. The summed E-state index contributed by atoms with van der Waals surface area (Å²) in [6, 6.07) is 0. The van der Waals surface area contributed by atoms with E-state index in [0.29, 0.717) is 6.61 Å². The Kier molecular flexibility index (Phi) is 2.45. The Bertz CT molecular complexity index is 344. The van der Waals surface area contributed by atoms with E-state index in [1.165, 1.54) is 7.11 Å². The maximum Gasteiger partial charge on any atom is 0.356 e. The van der Waals surface area contributed by atoms with E-state index in [2.05, 4.69) is 5.16 Å². The van der Waals surface area contributed by atoms with Crippen LogP contribution in [0, 0.1) is 11.3 Å². The quantitative estimate of drug-likeness (QED) is 0.626. The number of hydrogen-bond acceptors (Lipinski definition) is 5. The van der Waals surface area contributed by atoms with Gasteiger partial charge in [-0.25, -0.2) is 4.79 Å². The number of ether oxygens (including phenoxy) is 2. The summed E-state index contributed by atoms with van der Waals surface area (Å²) >= 11 is 0. The van der Waals surface area contributed by atoms with Crippen LogP contribution in [-0.2, 0) is 19.1 Å². The van der Waals surface area contributed by atoms with Gasteiger partial charge in [-0.2, -0.15) is 0 Å². The number of rotatable bonds is 1. The first-order valence-corrected chi connectivity index (χ1v) is 5.34. The van der Waals surface area contributed by atoms with Crippen molar-refractivity contribution < 1.29 is 19.1 Å². The van der Waals surface area contributed by atoms with Gasteiger partial charge in [-0.1, -0.05) is 25.9 Å². The van der Waals surface area contributed by atoms with E-state index in [0.717, 1.165) is 5.71 Å². The molecular formula is C11H17NO4. The predicted molar refractivity (Wildman–Crippen MR) is 57.0 cm³/mol. The van der Waals surface area contributed by atoms with Gasteiger partial charge in [-0.15, -0.1) is 0 Å². The second-order valence-electron chi connectivity index (χ2n) is 5.27. The highest BCUT2D eigenvalue weighted by Crippen LogP contribution is 2.41. The van der Waals surface area contributed by atoms with Crippen molar-refractivity contribution in [2.75, 3.05) is 20.3 Å². The fraction of sp³-hybridized carbons (Fsp3) is 0.818. The molecule has 2 rings (SSSR count). The van der Waals surface area contributed by atoms with Crippen LogP contribution in [0.3, 0.4) is 0 Å². The molecule has 2 aliphatic rings. The summed E-state index contributed by atoms with van der Waals surface area (Å²) in [6.07, 6.45) is 0. The largest absolute Gasteiger partial charge is 0.466 e. The molecule has 0 aromatic carbocycles. The number of esters is 1. The van der Waals surface area contributed by atoms with Gasteiger partial charge in [0, 0.05) is 5.41 Å². The molecule has 2 atom stereocenters. The predicted octanol–water partition coefficient (Wildman–Crippen LogP) is 0.977. The van der Waals surface area contributed by atoms with E-state index in [9.17, 15) is 4.79 Å². The van der Waals surface area contributed by atoms with Crippen LogP contribution in [0.5, 0.6) is 0 Å². The number of oxime groups is 1. The third-order valence-corrected chi connectivity index (χ3v) is 3.10. The molecule has 2 aliphatic heterocycles. The van der Waals surface area contributed by atoms with Crippen LogP contribution < -0.4 is 0 Å². The Morgan fingerprint density at radius 3 is 2.81 bits per heavy atom. The van der Waals surface area contributed by atoms with Gasteiger partial charge in [0.2, 0.25) is 0 Å². The minimum absolute atomic E-state index is 0.125. The first-order chi connectivity index (χ1) is 7.42. The SMILES string of the molecule is COC(=O)C12COCC1C(C(C)(C)C)=NO2. The maximum absolute atomic E-state index is 11.8. The van der Waals surface area contributed by atoms with Crippen LogP contribution >= 0.6 is 0 Å². The zero-order valence-electron chi connectivity index (χ0n) is 10.1. The smallest absolute Gasteiger partial charge is 0.356 e. The van der Waals surface area contributed by atoms with Crippen LogP contribution in [0.4, 0.5) is 0 Å². The van der Waals surface area contributed by atoms with Crippen LogP contribution in [0.2, 0.25) is 0 Å². The number of carbonyl (C=O) groups excluding carboxylic acids is 1. The van der Waals surface area contributed by atoms with Gasteiger partial charge in [0.25, 0.3) is 5.60 Å². The van der Waals surface area contributed by atoms with E-state index in [-0.39, 0.29) is 17.9 Å². The molecule has 5 heteroatoms. The fourth-order valence-corrected chi connectivity index (χ4v) is 2.22. The second-order valence-corrected chi connectivity index (χ2v) is 5.27. The molecule has 16 heavy (non-hydrogen) atoms. The van der Waals surface area contributed by atoms with E-state index in [1.807, 2.05) is 20.8 Å². The molecule has 0 N–H and O–H groups in total. The Morgan fingerprint density at radius 2 is 2.25 bits per heavy atom. The van der Waals surface area contributed by atoms with Crippen molar-refractivity contribution in [3.05, 3.63) is 0 Å². The molecule has 2 unspecified atom stereocenters. The summed E-state index contributed by atoms with van der Waals surface area (Å²) in [5.74, 6) is -0.530. The molecule has 2 heterocycles. The lowest BCUT2D eigenvalue weighted by atomic mass is 9.76. The number of fused-ring (bicyclic) bond motifs is 1. The molecule has 90 valence electrons. The first kappa shape index (κ1) is 11.4. The molecule has 1 fully saturated rings. The molecule has 0 radical (unpaired) electrons. The lowest BCUT2D eigenvalue weighted by Gasteiger charge is -2.25. The lowest BCUT2D eigenvalue weighted by molar-refractivity contribution is -0.169. The molecule has 0 amide bonds. The molecule has 0 aromatic heterocycles. The van der Waals surface area contributed by atoms with Gasteiger partial charge in [0.05, 0.1) is 25.3 Å². The summed E-state index contributed by atoms with van der Waals surface area (Å²) in [5.41, 5.74) is -0.304. The van der Waals surface area contributed by atoms with Crippen molar-refractivity contribution in [1.29, 1.82) is 0 Å². The van der Waals surface area contributed by atoms with Crippen LogP contribution in [-0.4, -0.2) is 37.6 Å². The van der Waals surface area contributed by atoms with E-state index >= 15 is 0 Å². The average Bonchev–Trinajstić information content (AvgIpc) is 2.71. The molecule has 0 spiro atoms. The number of methoxy groups -OCH3 is 1. The zero-order valence-corrected chi connectivity index (χ0v) is 10.1. The van der Waals surface area contributed by atoms with E-state index < -0.39 is 11.6 Å². The second kappa shape index (κ2) is 3.45. The van der Waals surface area contributed by atoms with Crippen molar-refractivity contribution in [2.45, 2.75) is 26.4 Å². The molecule has 5 nitrogen and oxygen atoms in total. The minimum Gasteiger partial charge on any atom is -0.466 e. The molecule has 1 saturated heterocycles. The fourth-order valence-electron chi connectivity index (χ4n) is 2.22. The number of nitrogens with zero attached hydrogens (tertiary/aromatic N) is 1.